The predicted molar refractivity (Wildman–Crippen MR) is 83.4 cm³/mol. The molecule has 1 heterocycles. The Morgan fingerprint density at radius 1 is 1.43 bits per heavy atom. The number of benzene rings is 1. The van der Waals surface area contributed by atoms with E-state index in [0.29, 0.717) is 18.9 Å². The molecule has 9 heteroatoms. The molecule has 1 unspecified atom stereocenters. The molecule has 0 bridgehead atoms. The Bertz CT molecular complexity index is 680. The Balaban J connectivity index is 1.74. The first kappa shape index (κ1) is 17.5. The molecular formula is C14H19F2N3O3S. The Morgan fingerprint density at radius 3 is 2.83 bits per heavy atom. The van der Waals surface area contributed by atoms with Crippen LogP contribution in [-0.2, 0) is 9.84 Å². The number of ether oxygens (including phenoxy) is 1. The highest BCUT2D eigenvalue weighted by molar-refractivity contribution is 7.91. The van der Waals surface area contributed by atoms with E-state index < -0.39 is 21.5 Å². The monoisotopic (exact) mass is 347 g/mol. The summed E-state index contributed by atoms with van der Waals surface area (Å²) in [7, 11) is -1.39. The van der Waals surface area contributed by atoms with E-state index in [-0.39, 0.29) is 29.9 Å². The van der Waals surface area contributed by atoms with Crippen LogP contribution >= 0.6 is 0 Å². The maximum absolute atomic E-state index is 13.4. The summed E-state index contributed by atoms with van der Waals surface area (Å²) in [4.78, 5) is 3.99. The standard InChI is InChI=1S/C14H19F2N3O3S/c1-17-14(19-11-4-7-23(20,21)9-11)18-5-6-22-13-3-2-10(15)8-12(13)16/h2-3,8,11H,4-7,9H2,1H3,(H2,17,18,19). The second-order valence-electron chi connectivity index (χ2n) is 5.17. The van der Waals surface area contributed by atoms with Gasteiger partial charge in [0, 0.05) is 19.2 Å². The van der Waals surface area contributed by atoms with Crippen LogP contribution in [0.25, 0.3) is 0 Å². The van der Waals surface area contributed by atoms with Gasteiger partial charge in [-0.1, -0.05) is 0 Å². The number of halogens is 2. The van der Waals surface area contributed by atoms with Crippen LogP contribution in [0.3, 0.4) is 0 Å². The number of sulfone groups is 1. The smallest absolute Gasteiger partial charge is 0.191 e. The lowest BCUT2D eigenvalue weighted by Gasteiger charge is -2.16. The van der Waals surface area contributed by atoms with E-state index in [1.54, 1.807) is 7.05 Å². The summed E-state index contributed by atoms with van der Waals surface area (Å²) in [6.07, 6.45) is 0.542. The molecule has 0 amide bonds. The van der Waals surface area contributed by atoms with Crippen molar-refractivity contribution in [3.8, 4) is 5.75 Å². The maximum atomic E-state index is 13.4. The summed E-state index contributed by atoms with van der Waals surface area (Å²) in [5.74, 6) is -0.736. The molecule has 2 rings (SSSR count). The van der Waals surface area contributed by atoms with Gasteiger partial charge in [0.2, 0.25) is 0 Å². The highest BCUT2D eigenvalue weighted by Gasteiger charge is 2.28. The van der Waals surface area contributed by atoms with Crippen LogP contribution in [0.15, 0.2) is 23.2 Å². The second-order valence-corrected chi connectivity index (χ2v) is 7.40. The molecule has 1 aromatic carbocycles. The summed E-state index contributed by atoms with van der Waals surface area (Å²) in [6, 6.07) is 2.93. The molecule has 0 aliphatic carbocycles. The first-order valence-corrected chi connectivity index (χ1v) is 8.97. The SMILES string of the molecule is CN=C(NCCOc1ccc(F)cc1F)NC1CCS(=O)(=O)C1. The molecule has 2 N–H and O–H groups in total. The lowest BCUT2D eigenvalue weighted by molar-refractivity contribution is 0.304. The van der Waals surface area contributed by atoms with E-state index >= 15 is 0 Å². The molecule has 6 nitrogen and oxygen atoms in total. The van der Waals surface area contributed by atoms with Crippen LogP contribution in [0.1, 0.15) is 6.42 Å². The third-order valence-corrected chi connectivity index (χ3v) is 5.11. The zero-order chi connectivity index (χ0) is 16.9. The lowest BCUT2D eigenvalue weighted by atomic mass is 10.3. The van der Waals surface area contributed by atoms with Crippen LogP contribution in [0.4, 0.5) is 8.78 Å². The highest BCUT2D eigenvalue weighted by Crippen LogP contribution is 2.17. The number of guanidine groups is 1. The number of rotatable bonds is 5. The van der Waals surface area contributed by atoms with Gasteiger partial charge in [-0.25, -0.2) is 17.2 Å². The Labute approximate surface area is 133 Å². The van der Waals surface area contributed by atoms with Crippen molar-refractivity contribution in [1.29, 1.82) is 0 Å². The third kappa shape index (κ3) is 5.34. The normalized spacial score (nSPS) is 20.3. The van der Waals surface area contributed by atoms with Crippen molar-refractivity contribution in [2.24, 2.45) is 4.99 Å². The minimum Gasteiger partial charge on any atom is -0.489 e. The number of hydrogen-bond donors (Lipinski definition) is 2. The van der Waals surface area contributed by atoms with Crippen LogP contribution in [-0.4, -0.2) is 52.1 Å². The zero-order valence-corrected chi connectivity index (χ0v) is 13.5. The van der Waals surface area contributed by atoms with Gasteiger partial charge in [0.25, 0.3) is 0 Å². The average molecular weight is 347 g/mol. The zero-order valence-electron chi connectivity index (χ0n) is 12.7. The summed E-state index contributed by atoms with van der Waals surface area (Å²) in [5.41, 5.74) is 0. The molecule has 128 valence electrons. The molecule has 0 radical (unpaired) electrons. The molecule has 23 heavy (non-hydrogen) atoms. The van der Waals surface area contributed by atoms with Gasteiger partial charge >= 0.3 is 0 Å². The fourth-order valence-corrected chi connectivity index (χ4v) is 3.89. The van der Waals surface area contributed by atoms with Gasteiger partial charge in [0.05, 0.1) is 18.1 Å². The molecule has 1 aromatic rings. The predicted octanol–water partition coefficient (Wildman–Crippen LogP) is 0.696. The number of aliphatic imine (C=N–C) groups is 1. The molecule has 1 fully saturated rings. The van der Waals surface area contributed by atoms with Gasteiger partial charge in [-0.2, -0.15) is 0 Å². The van der Waals surface area contributed by atoms with Gasteiger partial charge in [-0.3, -0.25) is 4.99 Å². The first-order valence-electron chi connectivity index (χ1n) is 7.15. The van der Waals surface area contributed by atoms with E-state index in [1.165, 1.54) is 6.07 Å². The molecular weight excluding hydrogens is 328 g/mol. The molecule has 0 aromatic heterocycles. The van der Waals surface area contributed by atoms with Crippen molar-refractivity contribution in [1.82, 2.24) is 10.6 Å². The Kier molecular flexibility index (Phi) is 5.75. The summed E-state index contributed by atoms with van der Waals surface area (Å²) >= 11 is 0. The molecule has 0 spiro atoms. The minimum absolute atomic E-state index is 0.0296. The summed E-state index contributed by atoms with van der Waals surface area (Å²) < 4.78 is 54.1. The molecule has 1 aliphatic rings. The Hall–Kier alpha value is -1.90. The fourth-order valence-electron chi connectivity index (χ4n) is 2.22. The van der Waals surface area contributed by atoms with Crippen LogP contribution in [0.2, 0.25) is 0 Å². The van der Waals surface area contributed by atoms with E-state index in [9.17, 15) is 17.2 Å². The van der Waals surface area contributed by atoms with Crippen molar-refractivity contribution in [3.63, 3.8) is 0 Å². The number of nitrogens with one attached hydrogen (secondary N) is 2. The van der Waals surface area contributed by atoms with Gasteiger partial charge < -0.3 is 15.4 Å². The van der Waals surface area contributed by atoms with Crippen molar-refractivity contribution in [2.75, 3.05) is 31.7 Å². The highest BCUT2D eigenvalue weighted by atomic mass is 32.2. The molecule has 1 saturated heterocycles. The maximum Gasteiger partial charge on any atom is 0.191 e. The fraction of sp³-hybridized carbons (Fsp3) is 0.500. The van der Waals surface area contributed by atoms with E-state index in [1.807, 2.05) is 0 Å². The van der Waals surface area contributed by atoms with Crippen molar-refractivity contribution < 1.29 is 21.9 Å². The van der Waals surface area contributed by atoms with Gasteiger partial charge in [-0.05, 0) is 18.6 Å². The minimum atomic E-state index is -2.96. The van der Waals surface area contributed by atoms with Crippen molar-refractivity contribution in [3.05, 3.63) is 29.8 Å². The topological polar surface area (TPSA) is 79.8 Å². The first-order chi connectivity index (χ1) is 10.9. The Morgan fingerprint density at radius 2 is 2.22 bits per heavy atom. The van der Waals surface area contributed by atoms with Crippen molar-refractivity contribution >= 4 is 15.8 Å². The molecule has 1 aliphatic heterocycles. The third-order valence-electron chi connectivity index (χ3n) is 3.34. The molecule has 0 saturated carbocycles. The van der Waals surface area contributed by atoms with E-state index in [0.717, 1.165) is 12.1 Å². The van der Waals surface area contributed by atoms with Gasteiger partial charge in [0.1, 0.15) is 12.4 Å². The quantitative estimate of drug-likeness (QED) is 0.466. The number of hydrogen-bond acceptors (Lipinski definition) is 4. The largest absolute Gasteiger partial charge is 0.489 e. The van der Waals surface area contributed by atoms with Crippen LogP contribution in [0, 0.1) is 11.6 Å². The number of nitrogens with zero attached hydrogens (tertiary/aromatic N) is 1. The lowest BCUT2D eigenvalue weighted by Crippen LogP contribution is -2.45. The van der Waals surface area contributed by atoms with Gasteiger partial charge in [0.15, 0.2) is 27.4 Å². The van der Waals surface area contributed by atoms with E-state index in [2.05, 4.69) is 15.6 Å². The summed E-state index contributed by atoms with van der Waals surface area (Å²) in [6.45, 7) is 0.474. The molecule has 1 atom stereocenters. The van der Waals surface area contributed by atoms with Gasteiger partial charge in [-0.15, -0.1) is 0 Å². The van der Waals surface area contributed by atoms with Crippen LogP contribution in [0.5, 0.6) is 5.75 Å². The second kappa shape index (κ2) is 7.58. The van der Waals surface area contributed by atoms with E-state index in [4.69, 9.17) is 4.74 Å². The average Bonchev–Trinajstić information content (AvgIpc) is 2.83. The van der Waals surface area contributed by atoms with Crippen LogP contribution < -0.4 is 15.4 Å². The van der Waals surface area contributed by atoms with Crippen molar-refractivity contribution in [2.45, 2.75) is 12.5 Å². The summed E-state index contributed by atoms with van der Waals surface area (Å²) in [5, 5.41) is 5.97.